The second-order valence-electron chi connectivity index (χ2n) is 6.10. The van der Waals surface area contributed by atoms with Crippen molar-refractivity contribution in [3.05, 3.63) is 76.3 Å². The Kier molecular flexibility index (Phi) is 7.60. The van der Waals surface area contributed by atoms with Gasteiger partial charge < -0.3 is 9.64 Å². The summed E-state index contributed by atoms with van der Waals surface area (Å²) in [5.74, 6) is -0.755. The molecule has 0 radical (unpaired) electrons. The lowest BCUT2D eigenvalue weighted by Gasteiger charge is -2.26. The van der Waals surface area contributed by atoms with Gasteiger partial charge in [-0.3, -0.25) is 4.79 Å². The van der Waals surface area contributed by atoms with Gasteiger partial charge in [-0.25, -0.2) is 4.79 Å². The van der Waals surface area contributed by atoms with Gasteiger partial charge in [0.2, 0.25) is 0 Å². The fourth-order valence-electron chi connectivity index (χ4n) is 2.38. The number of carbonyl (C=O) groups excluding carboxylic acids is 2. The number of halogens is 1. The molecule has 0 saturated carbocycles. The number of hydrogen-bond acceptors (Lipinski definition) is 3. The van der Waals surface area contributed by atoms with E-state index in [1.165, 1.54) is 6.08 Å². The van der Waals surface area contributed by atoms with Crippen molar-refractivity contribution in [2.45, 2.75) is 26.4 Å². The molecule has 4 nitrogen and oxygen atoms in total. The summed E-state index contributed by atoms with van der Waals surface area (Å²) < 4.78 is 6.02. The topological polar surface area (TPSA) is 46.6 Å². The van der Waals surface area contributed by atoms with Crippen molar-refractivity contribution in [1.29, 1.82) is 0 Å². The first-order chi connectivity index (χ1) is 12.5. The van der Waals surface area contributed by atoms with Gasteiger partial charge in [-0.15, -0.1) is 0 Å². The van der Waals surface area contributed by atoms with Crippen LogP contribution in [0.2, 0.25) is 0 Å². The van der Waals surface area contributed by atoms with E-state index in [9.17, 15) is 9.59 Å². The molecule has 0 N–H and O–H groups in total. The predicted molar refractivity (Wildman–Crippen MR) is 106 cm³/mol. The maximum atomic E-state index is 12.4. The Morgan fingerprint density at radius 1 is 1.12 bits per heavy atom. The third-order valence-corrected chi connectivity index (χ3v) is 4.23. The average molecular weight is 416 g/mol. The zero-order valence-electron chi connectivity index (χ0n) is 14.9. The predicted octanol–water partition coefficient (Wildman–Crippen LogP) is 4.44. The molecule has 0 unspecified atom stereocenters. The number of esters is 1. The minimum absolute atomic E-state index is 0.0126. The summed E-state index contributed by atoms with van der Waals surface area (Å²) >= 11 is 3.38. The molecule has 26 heavy (non-hydrogen) atoms. The average Bonchev–Trinajstić information content (AvgIpc) is 2.63. The Hall–Kier alpha value is -2.40. The molecule has 0 aliphatic rings. The zero-order chi connectivity index (χ0) is 18.9. The number of hydrogen-bond donors (Lipinski definition) is 0. The van der Waals surface area contributed by atoms with E-state index in [-0.39, 0.29) is 18.6 Å². The molecule has 2 rings (SSSR count). The van der Waals surface area contributed by atoms with Crippen LogP contribution in [0.3, 0.4) is 0 Å². The lowest BCUT2D eigenvalue weighted by molar-refractivity contribution is -0.149. The maximum Gasteiger partial charge on any atom is 0.331 e. The van der Waals surface area contributed by atoms with E-state index >= 15 is 0 Å². The van der Waals surface area contributed by atoms with Gasteiger partial charge in [-0.2, -0.15) is 0 Å². The second kappa shape index (κ2) is 9.92. The number of carbonyl (C=O) groups is 2. The van der Waals surface area contributed by atoms with E-state index in [1.54, 1.807) is 11.0 Å². The highest BCUT2D eigenvalue weighted by atomic mass is 79.9. The van der Waals surface area contributed by atoms with Crippen LogP contribution in [0.25, 0.3) is 6.08 Å². The van der Waals surface area contributed by atoms with Crippen LogP contribution in [0.4, 0.5) is 0 Å². The first-order valence-corrected chi connectivity index (χ1v) is 9.19. The number of ether oxygens (including phenoxy) is 1. The molecule has 0 bridgehead atoms. The molecule has 0 saturated heterocycles. The summed E-state index contributed by atoms with van der Waals surface area (Å²) in [4.78, 5) is 26.0. The fraction of sp³-hybridized carbons (Fsp3) is 0.238. The summed E-state index contributed by atoms with van der Waals surface area (Å²) in [6, 6.07) is 17.3. The number of rotatable bonds is 7. The minimum atomic E-state index is -0.540. The van der Waals surface area contributed by atoms with Crippen molar-refractivity contribution in [2.24, 2.45) is 0 Å². The van der Waals surface area contributed by atoms with Gasteiger partial charge in [0.15, 0.2) is 6.61 Å². The van der Waals surface area contributed by atoms with Gasteiger partial charge in [-0.05, 0) is 43.2 Å². The van der Waals surface area contributed by atoms with Crippen LogP contribution >= 0.6 is 15.9 Å². The molecule has 0 spiro atoms. The molecular weight excluding hydrogens is 394 g/mol. The molecule has 2 aromatic rings. The third kappa shape index (κ3) is 6.48. The van der Waals surface area contributed by atoms with Crippen molar-refractivity contribution in [2.75, 3.05) is 6.61 Å². The van der Waals surface area contributed by atoms with Gasteiger partial charge in [0.1, 0.15) is 0 Å². The summed E-state index contributed by atoms with van der Waals surface area (Å²) in [7, 11) is 0. The van der Waals surface area contributed by atoms with Crippen molar-refractivity contribution in [1.82, 2.24) is 4.90 Å². The molecule has 0 aromatic heterocycles. The number of amides is 1. The maximum absolute atomic E-state index is 12.4. The SMILES string of the molecule is CC(C)N(Cc1ccccc1)C(=O)COC(=O)/C=C/c1cccc(Br)c1. The molecule has 0 heterocycles. The van der Waals surface area contributed by atoms with E-state index in [4.69, 9.17) is 4.74 Å². The number of nitrogens with zero attached hydrogens (tertiary/aromatic N) is 1. The molecule has 1 amide bonds. The normalized spacial score (nSPS) is 10.9. The van der Waals surface area contributed by atoms with Crippen LogP contribution in [0.5, 0.6) is 0 Å². The highest BCUT2D eigenvalue weighted by Gasteiger charge is 2.18. The van der Waals surface area contributed by atoms with Crippen LogP contribution in [0, 0.1) is 0 Å². The van der Waals surface area contributed by atoms with E-state index in [1.807, 2.05) is 68.4 Å². The van der Waals surface area contributed by atoms with Crippen LogP contribution in [0.1, 0.15) is 25.0 Å². The van der Waals surface area contributed by atoms with E-state index in [2.05, 4.69) is 15.9 Å². The summed E-state index contributed by atoms with van der Waals surface area (Å²) in [6.07, 6.45) is 2.98. The minimum Gasteiger partial charge on any atom is -0.452 e. The van der Waals surface area contributed by atoms with E-state index in [0.29, 0.717) is 6.54 Å². The van der Waals surface area contributed by atoms with E-state index in [0.717, 1.165) is 15.6 Å². The molecule has 136 valence electrons. The van der Waals surface area contributed by atoms with Crippen molar-refractivity contribution in [3.8, 4) is 0 Å². The van der Waals surface area contributed by atoms with Gasteiger partial charge >= 0.3 is 5.97 Å². The Labute approximate surface area is 162 Å². The summed E-state index contributed by atoms with van der Waals surface area (Å²) in [5.41, 5.74) is 1.91. The molecule has 2 aromatic carbocycles. The molecule has 0 aliphatic heterocycles. The summed E-state index contributed by atoms with van der Waals surface area (Å²) in [5, 5.41) is 0. The summed E-state index contributed by atoms with van der Waals surface area (Å²) in [6.45, 7) is 4.10. The van der Waals surface area contributed by atoms with Crippen LogP contribution in [-0.2, 0) is 20.9 Å². The van der Waals surface area contributed by atoms with Gasteiger partial charge in [0, 0.05) is 23.1 Å². The third-order valence-electron chi connectivity index (χ3n) is 3.74. The molecule has 0 atom stereocenters. The first kappa shape index (κ1) is 19.9. The molecular formula is C21H22BrNO3. The highest BCUT2D eigenvalue weighted by Crippen LogP contribution is 2.13. The monoisotopic (exact) mass is 415 g/mol. The van der Waals surface area contributed by atoms with Crippen molar-refractivity contribution in [3.63, 3.8) is 0 Å². The highest BCUT2D eigenvalue weighted by molar-refractivity contribution is 9.10. The van der Waals surface area contributed by atoms with Crippen molar-refractivity contribution < 1.29 is 14.3 Å². The zero-order valence-corrected chi connectivity index (χ0v) is 16.5. The van der Waals surface area contributed by atoms with Gasteiger partial charge in [-0.1, -0.05) is 58.4 Å². The Morgan fingerprint density at radius 2 is 1.85 bits per heavy atom. The van der Waals surface area contributed by atoms with Gasteiger partial charge in [0.25, 0.3) is 5.91 Å². The second-order valence-corrected chi connectivity index (χ2v) is 7.01. The Balaban J connectivity index is 1.89. The van der Waals surface area contributed by atoms with Crippen molar-refractivity contribution >= 4 is 33.9 Å². The first-order valence-electron chi connectivity index (χ1n) is 8.39. The molecule has 0 fully saturated rings. The fourth-order valence-corrected chi connectivity index (χ4v) is 2.79. The van der Waals surface area contributed by atoms with Crippen LogP contribution < -0.4 is 0 Å². The largest absolute Gasteiger partial charge is 0.452 e. The Morgan fingerprint density at radius 3 is 2.50 bits per heavy atom. The molecule has 5 heteroatoms. The number of benzene rings is 2. The lowest BCUT2D eigenvalue weighted by Crippen LogP contribution is -2.39. The van der Waals surface area contributed by atoms with Crippen LogP contribution in [0.15, 0.2) is 65.1 Å². The standard InChI is InChI=1S/C21H22BrNO3/c1-16(2)23(14-18-7-4-3-5-8-18)20(24)15-26-21(25)12-11-17-9-6-10-19(22)13-17/h3-13,16H,14-15H2,1-2H3/b12-11+. The lowest BCUT2D eigenvalue weighted by atomic mass is 10.2. The van der Waals surface area contributed by atoms with E-state index < -0.39 is 5.97 Å². The molecule has 0 aliphatic carbocycles. The van der Waals surface area contributed by atoms with Gasteiger partial charge in [0.05, 0.1) is 0 Å². The smallest absolute Gasteiger partial charge is 0.331 e. The Bertz CT molecular complexity index is 772. The quantitative estimate of drug-likeness (QED) is 0.495. The van der Waals surface area contributed by atoms with Crippen LogP contribution in [-0.4, -0.2) is 29.4 Å².